The maximum absolute atomic E-state index is 10.3. The van der Waals surface area contributed by atoms with Crippen molar-refractivity contribution < 1.29 is 9.92 Å². The number of hydrogen-bond donors (Lipinski definition) is 0. The van der Waals surface area contributed by atoms with Gasteiger partial charge in [0.15, 0.2) is 0 Å². The molecule has 0 amide bonds. The summed E-state index contributed by atoms with van der Waals surface area (Å²) in [7, 11) is 0. The minimum Gasteiger partial charge on any atom is -0.304 e. The number of halogens is 1. The van der Waals surface area contributed by atoms with Gasteiger partial charge in [-0.15, -0.1) is 21.7 Å². The molecule has 0 saturated heterocycles. The third-order valence-corrected chi connectivity index (χ3v) is 3.03. The first-order chi connectivity index (χ1) is 7.18. The van der Waals surface area contributed by atoms with Gasteiger partial charge in [0.1, 0.15) is 6.10 Å². The monoisotopic (exact) mass is 227 g/mol. The quantitative estimate of drug-likeness (QED) is 0.443. The van der Waals surface area contributed by atoms with E-state index < -0.39 is 11.2 Å². The molecule has 5 heteroatoms. The van der Waals surface area contributed by atoms with Crippen LogP contribution in [0, 0.1) is 10.1 Å². The second-order valence-corrected chi connectivity index (χ2v) is 4.06. The van der Waals surface area contributed by atoms with E-state index in [-0.39, 0.29) is 5.38 Å². The molecule has 0 fully saturated rings. The molecule has 0 heterocycles. The van der Waals surface area contributed by atoms with Gasteiger partial charge >= 0.3 is 0 Å². The second kappa shape index (κ2) is 4.06. The lowest BCUT2D eigenvalue weighted by atomic mass is 9.89. The van der Waals surface area contributed by atoms with Crippen molar-refractivity contribution in [1.82, 2.24) is 0 Å². The molecule has 1 aliphatic carbocycles. The number of aryl methyl sites for hydroxylation is 1. The van der Waals surface area contributed by atoms with Crippen LogP contribution in [-0.4, -0.2) is 10.5 Å². The summed E-state index contributed by atoms with van der Waals surface area (Å²) in [5, 5.41) is 9.24. The Balaban J connectivity index is 2.32. The lowest BCUT2D eigenvalue weighted by Crippen LogP contribution is -2.25. The zero-order valence-corrected chi connectivity index (χ0v) is 8.68. The minimum absolute atomic E-state index is 0.328. The van der Waals surface area contributed by atoms with Gasteiger partial charge in [0.25, 0.3) is 5.09 Å². The molecule has 2 rings (SSSR count). The molecule has 0 aromatic heterocycles. The Hall–Kier alpha value is -1.29. The summed E-state index contributed by atoms with van der Waals surface area (Å²) in [6, 6.07) is 7.53. The molecule has 1 aromatic rings. The van der Waals surface area contributed by atoms with Crippen molar-refractivity contribution in [2.24, 2.45) is 0 Å². The van der Waals surface area contributed by atoms with E-state index in [1.165, 1.54) is 0 Å². The Labute approximate surface area is 91.9 Å². The van der Waals surface area contributed by atoms with Gasteiger partial charge in [-0.1, -0.05) is 24.3 Å². The van der Waals surface area contributed by atoms with E-state index in [1.807, 2.05) is 24.3 Å². The molecule has 1 aliphatic rings. The predicted molar refractivity (Wildman–Crippen MR) is 55.2 cm³/mol. The van der Waals surface area contributed by atoms with Crippen LogP contribution in [0.5, 0.6) is 0 Å². The first kappa shape index (κ1) is 10.2. The third kappa shape index (κ3) is 2.04. The molecular weight excluding hydrogens is 218 g/mol. The van der Waals surface area contributed by atoms with Crippen LogP contribution in [0.15, 0.2) is 24.3 Å². The fraction of sp³-hybridized carbons (Fsp3) is 0.400. The average molecular weight is 228 g/mol. The number of nitrogens with zero attached hydrogens (tertiary/aromatic N) is 1. The maximum atomic E-state index is 10.3. The molecule has 80 valence electrons. The van der Waals surface area contributed by atoms with Crippen molar-refractivity contribution in [1.29, 1.82) is 0 Å². The molecule has 2 unspecified atom stereocenters. The first-order valence-electron chi connectivity index (χ1n) is 4.71. The zero-order chi connectivity index (χ0) is 10.8. The van der Waals surface area contributed by atoms with Crippen LogP contribution in [0.25, 0.3) is 0 Å². The van der Waals surface area contributed by atoms with Crippen molar-refractivity contribution in [2.75, 3.05) is 0 Å². The van der Waals surface area contributed by atoms with E-state index in [0.29, 0.717) is 6.42 Å². The molecule has 0 N–H and O–H groups in total. The number of hydrogen-bond acceptors (Lipinski definition) is 3. The molecule has 0 bridgehead atoms. The van der Waals surface area contributed by atoms with Crippen molar-refractivity contribution in [2.45, 2.75) is 24.3 Å². The van der Waals surface area contributed by atoms with Gasteiger partial charge < -0.3 is 4.84 Å². The summed E-state index contributed by atoms with van der Waals surface area (Å²) in [6.45, 7) is 0. The molecule has 15 heavy (non-hydrogen) atoms. The van der Waals surface area contributed by atoms with Crippen molar-refractivity contribution in [3.63, 3.8) is 0 Å². The van der Waals surface area contributed by atoms with Crippen LogP contribution in [0.1, 0.15) is 23.7 Å². The van der Waals surface area contributed by atoms with Crippen LogP contribution in [0.2, 0.25) is 0 Å². The van der Waals surface area contributed by atoms with Crippen LogP contribution in [-0.2, 0) is 11.3 Å². The summed E-state index contributed by atoms with van der Waals surface area (Å²) in [6.07, 6.45) is 0.922. The largest absolute Gasteiger partial charge is 0.304 e. The Morgan fingerprint density at radius 1 is 1.47 bits per heavy atom. The molecule has 1 aromatic carbocycles. The summed E-state index contributed by atoms with van der Waals surface area (Å²) in [5.41, 5.74) is 1.92. The van der Waals surface area contributed by atoms with Gasteiger partial charge in [-0.25, -0.2) is 0 Å². The Kier molecular flexibility index (Phi) is 2.77. The number of alkyl halides is 1. The standard InChI is InChI=1S/C10H10ClNO3/c11-9-6-5-7-3-1-2-4-8(7)10(9)15-12(13)14/h1-4,9-10H,5-6H2. The lowest BCUT2D eigenvalue weighted by molar-refractivity contribution is -0.771. The summed E-state index contributed by atoms with van der Waals surface area (Å²) >= 11 is 6.03. The zero-order valence-electron chi connectivity index (χ0n) is 7.93. The Morgan fingerprint density at radius 2 is 2.20 bits per heavy atom. The fourth-order valence-electron chi connectivity index (χ4n) is 1.89. The third-order valence-electron chi connectivity index (χ3n) is 2.58. The highest BCUT2D eigenvalue weighted by molar-refractivity contribution is 6.21. The van der Waals surface area contributed by atoms with Gasteiger partial charge in [-0.05, 0) is 24.0 Å². The summed E-state index contributed by atoms with van der Waals surface area (Å²) in [5.74, 6) is 0. The van der Waals surface area contributed by atoms with E-state index in [4.69, 9.17) is 11.6 Å². The smallest absolute Gasteiger partial charge is 0.295 e. The molecule has 0 radical (unpaired) electrons. The van der Waals surface area contributed by atoms with E-state index in [9.17, 15) is 10.1 Å². The van der Waals surface area contributed by atoms with E-state index >= 15 is 0 Å². The van der Waals surface area contributed by atoms with Crippen LogP contribution in [0.4, 0.5) is 0 Å². The number of rotatable bonds is 2. The molecule has 0 aliphatic heterocycles. The Morgan fingerprint density at radius 3 is 2.93 bits per heavy atom. The fourth-order valence-corrected chi connectivity index (χ4v) is 2.19. The molecule has 2 atom stereocenters. The topological polar surface area (TPSA) is 52.4 Å². The SMILES string of the molecule is O=[N+]([O-])OC1c2ccccc2CCC1Cl. The van der Waals surface area contributed by atoms with Crippen LogP contribution < -0.4 is 0 Å². The van der Waals surface area contributed by atoms with Crippen molar-refractivity contribution >= 4 is 11.6 Å². The second-order valence-electron chi connectivity index (χ2n) is 3.50. The highest BCUT2D eigenvalue weighted by atomic mass is 35.5. The van der Waals surface area contributed by atoms with E-state index in [1.54, 1.807) is 0 Å². The van der Waals surface area contributed by atoms with Gasteiger partial charge in [0.05, 0.1) is 5.38 Å². The highest BCUT2D eigenvalue weighted by Gasteiger charge is 2.30. The molecule has 4 nitrogen and oxygen atoms in total. The lowest BCUT2D eigenvalue weighted by Gasteiger charge is -2.27. The minimum atomic E-state index is -0.776. The average Bonchev–Trinajstić information content (AvgIpc) is 2.22. The summed E-state index contributed by atoms with van der Waals surface area (Å²) in [4.78, 5) is 15.0. The Bertz CT molecular complexity index is 383. The van der Waals surface area contributed by atoms with Crippen molar-refractivity contribution in [3.05, 3.63) is 45.5 Å². The van der Waals surface area contributed by atoms with Crippen LogP contribution >= 0.6 is 11.6 Å². The van der Waals surface area contributed by atoms with Gasteiger partial charge in [-0.3, -0.25) is 0 Å². The highest BCUT2D eigenvalue weighted by Crippen LogP contribution is 2.35. The maximum Gasteiger partial charge on any atom is 0.295 e. The van der Waals surface area contributed by atoms with Gasteiger partial charge in [0, 0.05) is 0 Å². The van der Waals surface area contributed by atoms with Gasteiger partial charge in [-0.2, -0.15) is 0 Å². The first-order valence-corrected chi connectivity index (χ1v) is 5.15. The molecule has 0 spiro atoms. The number of fused-ring (bicyclic) bond motifs is 1. The predicted octanol–water partition coefficient (Wildman–Crippen LogP) is 2.49. The van der Waals surface area contributed by atoms with Crippen LogP contribution in [0.3, 0.4) is 0 Å². The normalized spacial score (nSPS) is 24.3. The molecular formula is C10H10ClNO3. The van der Waals surface area contributed by atoms with Crippen molar-refractivity contribution in [3.8, 4) is 0 Å². The van der Waals surface area contributed by atoms with E-state index in [2.05, 4.69) is 4.84 Å². The molecule has 0 saturated carbocycles. The van der Waals surface area contributed by atoms with Gasteiger partial charge in [0.2, 0.25) is 0 Å². The summed E-state index contributed by atoms with van der Waals surface area (Å²) < 4.78 is 0. The number of benzene rings is 1. The van der Waals surface area contributed by atoms with E-state index in [0.717, 1.165) is 17.5 Å².